The molecule has 0 spiro atoms. The molecule has 0 aromatic rings. The minimum Gasteiger partial charge on any atom is -0.402 e. The van der Waals surface area contributed by atoms with Crippen molar-refractivity contribution in [2.24, 2.45) is 0 Å². The van der Waals surface area contributed by atoms with Crippen LogP contribution in [-0.4, -0.2) is 36.1 Å². The summed E-state index contributed by atoms with van der Waals surface area (Å²) in [6.45, 7) is 2.78. The van der Waals surface area contributed by atoms with E-state index in [4.69, 9.17) is 15.1 Å². The molecule has 0 bridgehead atoms. The first kappa shape index (κ1) is 106. The number of halogens is 4. The van der Waals surface area contributed by atoms with E-state index in [-0.39, 0.29) is 47.2 Å². The second kappa shape index (κ2) is 128. The SMILES string of the molecule is C.C.C.CCOC.F.F.F.F.N.OB(O)O. The van der Waals surface area contributed by atoms with Crippen LogP contribution in [0.5, 0.6) is 0 Å². The monoisotopic (exact) mass is 267 g/mol. The van der Waals surface area contributed by atoms with Crippen molar-refractivity contribution in [1.29, 1.82) is 0 Å². The normalized spacial score (nSPS) is 3.56. The van der Waals surface area contributed by atoms with E-state index in [1.165, 1.54) is 0 Å². The average molecular weight is 267 g/mol. The van der Waals surface area contributed by atoms with Gasteiger partial charge in [0.15, 0.2) is 0 Å². The highest BCUT2D eigenvalue weighted by Crippen LogP contribution is 1.52. The zero-order valence-electron chi connectivity index (χ0n) is 7.37. The number of methoxy groups -OCH3 is 1. The lowest BCUT2D eigenvalue weighted by Crippen LogP contribution is -2.07. The number of hydrogen-bond donors (Lipinski definition) is 4. The summed E-state index contributed by atoms with van der Waals surface area (Å²) in [5.41, 5.74) is 0. The van der Waals surface area contributed by atoms with Gasteiger partial charge < -0.3 is 26.0 Å². The van der Waals surface area contributed by atoms with Crippen molar-refractivity contribution < 1.29 is 38.6 Å². The van der Waals surface area contributed by atoms with Crippen LogP contribution >= 0.6 is 0 Å². The van der Waals surface area contributed by atoms with Crippen LogP contribution in [0, 0.1) is 0 Å². The van der Waals surface area contributed by atoms with E-state index >= 15 is 0 Å². The van der Waals surface area contributed by atoms with Crippen LogP contribution in [0.2, 0.25) is 0 Å². The van der Waals surface area contributed by atoms with Crippen molar-refractivity contribution in [3.63, 3.8) is 0 Å². The fraction of sp³-hybridized carbons (Fsp3) is 1.00. The van der Waals surface area contributed by atoms with Gasteiger partial charge in [0.25, 0.3) is 0 Å². The Labute approximate surface area is 96.1 Å². The van der Waals surface area contributed by atoms with Gasteiger partial charge in [0.05, 0.1) is 0 Å². The van der Waals surface area contributed by atoms with Crippen molar-refractivity contribution in [2.45, 2.75) is 29.2 Å². The van der Waals surface area contributed by atoms with Crippen molar-refractivity contribution in [3.05, 3.63) is 0 Å². The van der Waals surface area contributed by atoms with Crippen molar-refractivity contribution in [2.75, 3.05) is 13.7 Å². The topological polar surface area (TPSA) is 105 Å². The molecule has 0 unspecified atom stereocenters. The summed E-state index contributed by atoms with van der Waals surface area (Å²) in [4.78, 5) is 0. The van der Waals surface area contributed by atoms with E-state index in [9.17, 15) is 0 Å². The Kier molecular flexibility index (Phi) is 851. The summed E-state index contributed by atoms with van der Waals surface area (Å²) >= 11 is 0. The van der Waals surface area contributed by atoms with Crippen molar-refractivity contribution >= 4 is 7.32 Å². The van der Waals surface area contributed by atoms with Gasteiger partial charge in [-0.2, -0.15) is 0 Å². The maximum Gasteiger partial charge on any atom is 0.631 e. The minimum atomic E-state index is -2.17. The van der Waals surface area contributed by atoms with Gasteiger partial charge in [0.1, 0.15) is 0 Å². The summed E-state index contributed by atoms with van der Waals surface area (Å²) in [5, 5.41) is 21.5. The number of rotatable bonds is 1. The minimum absolute atomic E-state index is 0. The van der Waals surface area contributed by atoms with Gasteiger partial charge in [-0.3, -0.25) is 18.8 Å². The molecule has 0 radical (unpaired) electrons. The van der Waals surface area contributed by atoms with Crippen molar-refractivity contribution in [1.82, 2.24) is 6.15 Å². The Bertz CT molecular complexity index is 49.0. The second-order valence-electron chi connectivity index (χ2n) is 0.924. The fourth-order valence-corrected chi connectivity index (χ4v) is 0. The van der Waals surface area contributed by atoms with Gasteiger partial charge >= 0.3 is 7.32 Å². The Hall–Kier alpha value is -0.415. The molecule has 0 fully saturated rings. The van der Waals surface area contributed by atoms with Gasteiger partial charge in [0.2, 0.25) is 0 Å². The van der Waals surface area contributed by atoms with Crippen LogP contribution in [0.4, 0.5) is 18.8 Å². The predicted molar refractivity (Wildman–Crippen MR) is 65.2 cm³/mol. The lowest BCUT2D eigenvalue weighted by Gasteiger charge is -1.76. The smallest absolute Gasteiger partial charge is 0.402 e. The molecular weight excluding hydrogens is 237 g/mol. The molecule has 0 saturated carbocycles. The quantitative estimate of drug-likeness (QED) is 0.423. The Morgan fingerprint density at radius 2 is 0.938 bits per heavy atom. The van der Waals surface area contributed by atoms with Gasteiger partial charge in [-0.15, -0.1) is 0 Å². The average Bonchev–Trinajstić information content (AvgIpc) is 1.65. The van der Waals surface area contributed by atoms with Crippen LogP contribution in [0.3, 0.4) is 0 Å². The highest BCUT2D eigenvalue weighted by atomic mass is 19.0. The van der Waals surface area contributed by atoms with Crippen LogP contribution in [0.1, 0.15) is 29.2 Å². The fourth-order valence-electron chi connectivity index (χ4n) is 0. The largest absolute Gasteiger partial charge is 0.631 e. The molecule has 0 rings (SSSR count). The molecule has 0 amide bonds. The van der Waals surface area contributed by atoms with Crippen molar-refractivity contribution in [3.8, 4) is 0 Å². The first-order valence-electron chi connectivity index (χ1n) is 2.18. The van der Waals surface area contributed by atoms with Crippen LogP contribution < -0.4 is 6.15 Å². The number of hydrogen-bond acceptors (Lipinski definition) is 5. The third-order valence-electron chi connectivity index (χ3n) is 0.289. The van der Waals surface area contributed by atoms with E-state index < -0.39 is 7.32 Å². The standard InChI is InChI=1S/C3H8O.3CH4.BH3O3.4FH.H3N/c1-3-4-2;;;;2-1(3)4;;;;;/h3H2,1-2H3;3*1H4;2-4H;4*1H;1H3. The zero-order chi connectivity index (χ0) is 6.99. The molecular formula is C6H30BF4NO4. The van der Waals surface area contributed by atoms with Gasteiger partial charge in [-0.1, -0.05) is 22.3 Å². The van der Waals surface area contributed by atoms with E-state index in [1.807, 2.05) is 6.92 Å². The molecule has 0 aromatic heterocycles. The Balaban J connectivity index is -0.00000000375. The summed E-state index contributed by atoms with van der Waals surface area (Å²) < 4.78 is 4.54. The summed E-state index contributed by atoms with van der Waals surface area (Å²) in [7, 11) is -0.486. The second-order valence-corrected chi connectivity index (χ2v) is 0.924. The molecule has 0 aliphatic carbocycles. The molecule has 0 aliphatic heterocycles. The maximum absolute atomic E-state index is 7.17. The van der Waals surface area contributed by atoms with E-state index in [0.29, 0.717) is 0 Å². The van der Waals surface area contributed by atoms with E-state index in [1.54, 1.807) is 7.11 Å². The van der Waals surface area contributed by atoms with Crippen LogP contribution in [0.25, 0.3) is 0 Å². The predicted octanol–water partition coefficient (Wildman–Crippen LogP) is 1.28. The summed E-state index contributed by atoms with van der Waals surface area (Å²) in [5.74, 6) is 0. The summed E-state index contributed by atoms with van der Waals surface area (Å²) in [6.07, 6.45) is 0. The van der Waals surface area contributed by atoms with Gasteiger partial charge in [0, 0.05) is 13.7 Å². The Morgan fingerprint density at radius 3 is 0.938 bits per heavy atom. The van der Waals surface area contributed by atoms with Crippen LogP contribution in [0.15, 0.2) is 0 Å². The number of ether oxygens (including phenoxy) is 1. The molecule has 0 aromatic carbocycles. The van der Waals surface area contributed by atoms with E-state index in [0.717, 1.165) is 6.61 Å². The molecule has 5 nitrogen and oxygen atoms in total. The third-order valence-corrected chi connectivity index (χ3v) is 0.289. The van der Waals surface area contributed by atoms with Crippen LogP contribution in [-0.2, 0) is 4.74 Å². The maximum atomic E-state index is 7.17. The summed E-state index contributed by atoms with van der Waals surface area (Å²) in [6, 6.07) is 0. The Morgan fingerprint density at radius 1 is 0.875 bits per heavy atom. The first-order chi connectivity index (χ1) is 3.65. The van der Waals surface area contributed by atoms with Gasteiger partial charge in [-0.05, 0) is 6.92 Å². The third kappa shape index (κ3) is 6290. The first-order valence-corrected chi connectivity index (χ1v) is 2.18. The molecule has 114 valence electrons. The molecule has 0 heterocycles. The lowest BCUT2D eigenvalue weighted by atomic mass is 10.3. The molecule has 0 saturated heterocycles. The molecule has 16 heavy (non-hydrogen) atoms. The highest BCUT2D eigenvalue weighted by Gasteiger charge is 1.92. The molecule has 0 aliphatic rings. The lowest BCUT2D eigenvalue weighted by molar-refractivity contribution is 0.215. The zero-order valence-corrected chi connectivity index (χ0v) is 7.37. The molecule has 6 N–H and O–H groups in total. The molecule has 0 atom stereocenters. The van der Waals surface area contributed by atoms with E-state index in [2.05, 4.69) is 4.74 Å². The molecule has 10 heteroatoms. The highest BCUT2D eigenvalue weighted by molar-refractivity contribution is 6.30. The van der Waals surface area contributed by atoms with Gasteiger partial charge in [-0.25, -0.2) is 0 Å².